The summed E-state index contributed by atoms with van der Waals surface area (Å²) in [4.78, 5) is 8.32. The van der Waals surface area contributed by atoms with Crippen LogP contribution in [0.15, 0.2) is 42.9 Å². The van der Waals surface area contributed by atoms with Crippen molar-refractivity contribution in [1.82, 2.24) is 14.5 Å². The molecule has 4 heteroatoms. The van der Waals surface area contributed by atoms with Crippen molar-refractivity contribution in [2.24, 2.45) is 0 Å². The highest BCUT2D eigenvalue weighted by Gasteiger charge is 2.11. The first-order chi connectivity index (χ1) is 9.27. The van der Waals surface area contributed by atoms with Gasteiger partial charge in [-0.3, -0.25) is 0 Å². The Morgan fingerprint density at radius 1 is 1.05 bits per heavy atom. The molecule has 0 bridgehead atoms. The van der Waals surface area contributed by atoms with Crippen LogP contribution in [0.4, 0.5) is 0 Å². The highest BCUT2D eigenvalue weighted by Crippen LogP contribution is 2.26. The minimum absolute atomic E-state index is 0.502. The first kappa shape index (κ1) is 13.6. The maximum Gasteiger partial charge on any atom is 0.149 e. The van der Waals surface area contributed by atoms with Gasteiger partial charge >= 0.3 is 0 Å². The number of aromatic nitrogens is 3. The van der Waals surface area contributed by atoms with Gasteiger partial charge in [0.2, 0.25) is 0 Å². The molecule has 0 amide bonds. The van der Waals surface area contributed by atoms with Crippen LogP contribution in [-0.2, 0) is 0 Å². The van der Waals surface area contributed by atoms with Crippen LogP contribution in [0.5, 0.6) is 0 Å². The van der Waals surface area contributed by atoms with E-state index in [0.717, 1.165) is 22.3 Å². The lowest BCUT2D eigenvalue weighted by Crippen LogP contribution is -1.93. The molecule has 0 atom stereocenters. The van der Waals surface area contributed by atoms with Crippen LogP contribution in [0.3, 0.4) is 0 Å². The molecule has 0 aliphatic rings. The van der Waals surface area contributed by atoms with Gasteiger partial charge in [0.15, 0.2) is 0 Å². The molecule has 0 radical (unpaired) electrons. The van der Waals surface area contributed by atoms with E-state index < -0.39 is 0 Å². The second kappa shape index (κ2) is 5.85. The molecule has 0 aliphatic heterocycles. The number of aryl methyl sites for hydroxylation is 1. The number of hydrogen-bond donors (Lipinski definition) is 0. The molecule has 0 aliphatic carbocycles. The molecular weight excluding hydrogens is 258 g/mol. The Morgan fingerprint density at radius 3 is 2.42 bits per heavy atom. The van der Waals surface area contributed by atoms with E-state index in [9.17, 15) is 0 Å². The van der Waals surface area contributed by atoms with Crippen LogP contribution in [0.2, 0.25) is 5.15 Å². The first-order valence-corrected chi connectivity index (χ1v) is 6.69. The summed E-state index contributed by atoms with van der Waals surface area (Å²) in [6.07, 6.45) is 3.52. The lowest BCUT2D eigenvalue weighted by Gasteiger charge is -2.03. The van der Waals surface area contributed by atoms with Crippen molar-refractivity contribution < 1.29 is 0 Å². The number of rotatable bonds is 1. The van der Waals surface area contributed by atoms with Gasteiger partial charge in [0, 0.05) is 11.9 Å². The molecule has 3 rings (SSSR count). The third-order valence-electron chi connectivity index (χ3n) is 2.76. The molecule has 0 unspecified atom stereocenters. The fourth-order valence-electron chi connectivity index (χ4n) is 1.98. The highest BCUT2D eigenvalue weighted by atomic mass is 35.5. The van der Waals surface area contributed by atoms with E-state index in [0.29, 0.717) is 5.15 Å². The molecule has 2 aromatic heterocycles. The number of nitrogens with zero attached hydrogens (tertiary/aromatic N) is 3. The topological polar surface area (TPSA) is 30.7 Å². The van der Waals surface area contributed by atoms with E-state index in [-0.39, 0.29) is 0 Å². The summed E-state index contributed by atoms with van der Waals surface area (Å²) >= 11 is 6.10. The fraction of sp³-hybridized carbons (Fsp3) is 0.200. The first-order valence-electron chi connectivity index (χ1n) is 6.31. The predicted octanol–water partition coefficient (Wildman–Crippen LogP) is 4.41. The molecule has 19 heavy (non-hydrogen) atoms. The van der Waals surface area contributed by atoms with Gasteiger partial charge in [0.1, 0.15) is 17.1 Å². The SMILES string of the molecule is CC.Cc1cn(-c2ccccc2)c2ncnc(Cl)c12. The summed E-state index contributed by atoms with van der Waals surface area (Å²) in [7, 11) is 0. The van der Waals surface area contributed by atoms with Crippen molar-refractivity contribution in [3.8, 4) is 5.69 Å². The lowest BCUT2D eigenvalue weighted by atomic mass is 10.3. The molecular formula is C15H16ClN3. The number of hydrogen-bond acceptors (Lipinski definition) is 2. The van der Waals surface area contributed by atoms with Gasteiger partial charge in [0.25, 0.3) is 0 Å². The molecule has 2 heterocycles. The molecule has 3 aromatic rings. The Bertz CT molecular complexity index is 674. The predicted molar refractivity (Wildman–Crippen MR) is 80.0 cm³/mol. The van der Waals surface area contributed by atoms with Crippen molar-refractivity contribution in [3.05, 3.63) is 53.6 Å². The number of halogens is 1. The van der Waals surface area contributed by atoms with E-state index in [4.69, 9.17) is 11.6 Å². The van der Waals surface area contributed by atoms with Gasteiger partial charge in [-0.25, -0.2) is 9.97 Å². The minimum Gasteiger partial charge on any atom is -0.301 e. The molecule has 0 spiro atoms. The smallest absolute Gasteiger partial charge is 0.149 e. The third kappa shape index (κ3) is 2.47. The zero-order valence-electron chi connectivity index (χ0n) is 11.3. The Morgan fingerprint density at radius 2 is 1.74 bits per heavy atom. The summed E-state index contributed by atoms with van der Waals surface area (Å²) in [5, 5.41) is 1.42. The third-order valence-corrected chi connectivity index (χ3v) is 3.05. The van der Waals surface area contributed by atoms with Crippen LogP contribution in [0.1, 0.15) is 19.4 Å². The quantitative estimate of drug-likeness (QED) is 0.615. The van der Waals surface area contributed by atoms with Gasteiger partial charge in [-0.05, 0) is 24.6 Å². The van der Waals surface area contributed by atoms with Crippen molar-refractivity contribution in [2.75, 3.05) is 0 Å². The second-order valence-electron chi connectivity index (χ2n) is 3.88. The molecule has 1 aromatic carbocycles. The van der Waals surface area contributed by atoms with Gasteiger partial charge in [0.05, 0.1) is 5.39 Å². The second-order valence-corrected chi connectivity index (χ2v) is 4.24. The molecule has 0 saturated heterocycles. The Balaban J connectivity index is 0.000000637. The maximum absolute atomic E-state index is 6.10. The van der Waals surface area contributed by atoms with Crippen LogP contribution in [0, 0.1) is 6.92 Å². The normalized spacial score (nSPS) is 10.1. The Hall–Kier alpha value is -1.87. The fourth-order valence-corrected chi connectivity index (χ4v) is 2.26. The van der Waals surface area contributed by atoms with Crippen molar-refractivity contribution in [3.63, 3.8) is 0 Å². The molecule has 0 fully saturated rings. The van der Waals surface area contributed by atoms with Crippen LogP contribution in [-0.4, -0.2) is 14.5 Å². The van der Waals surface area contributed by atoms with Gasteiger partial charge < -0.3 is 4.57 Å². The molecule has 98 valence electrons. The molecule has 0 saturated carbocycles. The standard InChI is InChI=1S/C13H10ClN3.C2H6/c1-9-7-17(10-5-3-2-4-6-10)13-11(9)12(14)15-8-16-13;1-2/h2-8H,1H3;1-2H3. The van der Waals surface area contributed by atoms with E-state index >= 15 is 0 Å². The van der Waals surface area contributed by atoms with E-state index in [1.807, 2.05) is 61.9 Å². The molecule has 3 nitrogen and oxygen atoms in total. The number of benzene rings is 1. The zero-order valence-corrected chi connectivity index (χ0v) is 12.0. The van der Waals surface area contributed by atoms with Gasteiger partial charge in [-0.1, -0.05) is 43.6 Å². The van der Waals surface area contributed by atoms with Crippen molar-refractivity contribution in [2.45, 2.75) is 20.8 Å². The summed E-state index contributed by atoms with van der Waals surface area (Å²) < 4.78 is 2.03. The Labute approximate surface area is 117 Å². The maximum atomic E-state index is 6.10. The largest absolute Gasteiger partial charge is 0.301 e. The van der Waals surface area contributed by atoms with Crippen molar-refractivity contribution in [1.29, 1.82) is 0 Å². The van der Waals surface area contributed by atoms with E-state index in [2.05, 4.69) is 9.97 Å². The van der Waals surface area contributed by atoms with Crippen LogP contribution in [0.25, 0.3) is 16.7 Å². The van der Waals surface area contributed by atoms with Gasteiger partial charge in [-0.15, -0.1) is 0 Å². The average Bonchev–Trinajstić information content (AvgIpc) is 2.81. The van der Waals surface area contributed by atoms with E-state index in [1.54, 1.807) is 0 Å². The van der Waals surface area contributed by atoms with E-state index in [1.165, 1.54) is 6.33 Å². The van der Waals surface area contributed by atoms with Crippen LogP contribution >= 0.6 is 11.6 Å². The summed E-state index contributed by atoms with van der Waals surface area (Å²) in [6.45, 7) is 6.01. The number of para-hydroxylation sites is 1. The van der Waals surface area contributed by atoms with Gasteiger partial charge in [-0.2, -0.15) is 0 Å². The average molecular weight is 274 g/mol. The van der Waals surface area contributed by atoms with Crippen molar-refractivity contribution >= 4 is 22.6 Å². The monoisotopic (exact) mass is 273 g/mol. The number of fused-ring (bicyclic) bond motifs is 1. The minimum atomic E-state index is 0.502. The molecule has 0 N–H and O–H groups in total. The zero-order chi connectivity index (χ0) is 13.8. The van der Waals surface area contributed by atoms with Crippen LogP contribution < -0.4 is 0 Å². The summed E-state index contributed by atoms with van der Waals surface area (Å²) in [5.41, 5.74) is 2.99. The highest BCUT2D eigenvalue weighted by molar-refractivity contribution is 6.34. The summed E-state index contributed by atoms with van der Waals surface area (Å²) in [6, 6.07) is 10.1. The lowest BCUT2D eigenvalue weighted by molar-refractivity contribution is 1.07. The Kier molecular flexibility index (Phi) is 4.17. The summed E-state index contributed by atoms with van der Waals surface area (Å²) in [5.74, 6) is 0.